The zero-order valence-corrected chi connectivity index (χ0v) is 16.4. The molecule has 0 aliphatic heterocycles. The van der Waals surface area contributed by atoms with Crippen LogP contribution in [-0.4, -0.2) is 22.0 Å². The molecule has 3 rings (SSSR count). The number of amides is 2. The lowest BCUT2D eigenvalue weighted by atomic mass is 9.92. The predicted molar refractivity (Wildman–Crippen MR) is 108 cm³/mol. The van der Waals surface area contributed by atoms with Gasteiger partial charge in [0.15, 0.2) is 0 Å². The van der Waals surface area contributed by atoms with Crippen molar-refractivity contribution in [1.82, 2.24) is 15.3 Å². The molecule has 0 spiro atoms. The first kappa shape index (κ1) is 19.9. The Morgan fingerprint density at radius 3 is 2.17 bits per heavy atom. The standard InChI is InChI=1S/C21H22N4O4/c1-21(2,3)17-14-18(25(23-17)15-10-6-4-7-11-15)22-19(26)29-24-20(27)28-16-12-8-5-9-13-16/h4-14H,1-3H3,(H,22,26)(H,24,27). The summed E-state index contributed by atoms with van der Waals surface area (Å²) >= 11 is 0. The van der Waals surface area contributed by atoms with Crippen LogP contribution in [0.15, 0.2) is 66.7 Å². The van der Waals surface area contributed by atoms with E-state index in [0.717, 1.165) is 11.4 Å². The fourth-order valence-corrected chi connectivity index (χ4v) is 2.44. The highest BCUT2D eigenvalue weighted by molar-refractivity contribution is 5.85. The fraction of sp³-hybridized carbons (Fsp3) is 0.190. The highest BCUT2D eigenvalue weighted by Crippen LogP contribution is 2.26. The number of aromatic nitrogens is 2. The number of hydroxylamine groups is 1. The molecule has 0 saturated heterocycles. The van der Waals surface area contributed by atoms with Gasteiger partial charge in [0.25, 0.3) is 0 Å². The van der Waals surface area contributed by atoms with Gasteiger partial charge in [-0.05, 0) is 24.3 Å². The Kier molecular flexibility index (Phi) is 5.82. The molecule has 0 atom stereocenters. The van der Waals surface area contributed by atoms with Gasteiger partial charge >= 0.3 is 12.2 Å². The average molecular weight is 394 g/mol. The zero-order chi connectivity index (χ0) is 20.9. The second kappa shape index (κ2) is 8.47. The zero-order valence-electron chi connectivity index (χ0n) is 16.4. The van der Waals surface area contributed by atoms with Crippen LogP contribution in [0.5, 0.6) is 5.75 Å². The van der Waals surface area contributed by atoms with Crippen LogP contribution >= 0.6 is 0 Å². The summed E-state index contributed by atoms with van der Waals surface area (Å²) < 4.78 is 6.59. The molecular formula is C21H22N4O4. The van der Waals surface area contributed by atoms with Gasteiger partial charge in [-0.2, -0.15) is 5.10 Å². The van der Waals surface area contributed by atoms with Gasteiger partial charge in [-0.25, -0.2) is 14.3 Å². The van der Waals surface area contributed by atoms with Crippen molar-refractivity contribution in [2.24, 2.45) is 0 Å². The number of para-hydroxylation sites is 2. The molecule has 0 saturated carbocycles. The highest BCUT2D eigenvalue weighted by atomic mass is 16.7. The van der Waals surface area contributed by atoms with Crippen molar-refractivity contribution in [3.05, 3.63) is 72.4 Å². The van der Waals surface area contributed by atoms with Crippen molar-refractivity contribution in [3.8, 4) is 11.4 Å². The third-order valence-corrected chi connectivity index (χ3v) is 3.89. The first-order valence-electron chi connectivity index (χ1n) is 8.99. The van der Waals surface area contributed by atoms with E-state index in [-0.39, 0.29) is 5.41 Å². The molecule has 8 heteroatoms. The molecule has 1 heterocycles. The largest absolute Gasteiger partial charge is 0.446 e. The monoisotopic (exact) mass is 394 g/mol. The summed E-state index contributed by atoms with van der Waals surface area (Å²) in [4.78, 5) is 28.7. The van der Waals surface area contributed by atoms with E-state index in [1.165, 1.54) is 0 Å². The lowest BCUT2D eigenvalue weighted by Gasteiger charge is -2.14. The topological polar surface area (TPSA) is 94.5 Å². The second-order valence-corrected chi connectivity index (χ2v) is 7.23. The van der Waals surface area contributed by atoms with E-state index in [4.69, 9.17) is 9.57 Å². The Balaban J connectivity index is 1.68. The molecule has 0 radical (unpaired) electrons. The molecule has 1 aromatic heterocycles. The van der Waals surface area contributed by atoms with E-state index in [2.05, 4.69) is 10.4 Å². The van der Waals surface area contributed by atoms with Gasteiger partial charge in [-0.15, -0.1) is 5.48 Å². The number of ether oxygens (including phenoxy) is 1. The molecule has 0 aliphatic carbocycles. The normalized spacial score (nSPS) is 10.9. The molecule has 0 bridgehead atoms. The number of anilines is 1. The minimum absolute atomic E-state index is 0.224. The van der Waals surface area contributed by atoms with Crippen molar-refractivity contribution in [1.29, 1.82) is 0 Å². The van der Waals surface area contributed by atoms with Gasteiger partial charge in [-0.1, -0.05) is 57.2 Å². The average Bonchev–Trinajstić information content (AvgIpc) is 3.12. The minimum Gasteiger partial charge on any atom is -0.408 e. The molecule has 150 valence electrons. The summed E-state index contributed by atoms with van der Waals surface area (Å²) in [5.74, 6) is 0.732. The van der Waals surface area contributed by atoms with E-state index >= 15 is 0 Å². The number of nitrogens with zero attached hydrogens (tertiary/aromatic N) is 2. The van der Waals surface area contributed by atoms with Crippen molar-refractivity contribution >= 4 is 18.0 Å². The molecule has 3 aromatic rings. The molecule has 0 aliphatic rings. The van der Waals surface area contributed by atoms with Gasteiger partial charge < -0.3 is 9.57 Å². The Labute approximate surface area is 168 Å². The van der Waals surface area contributed by atoms with E-state index in [1.807, 2.05) is 56.6 Å². The molecule has 8 nitrogen and oxygen atoms in total. The molecule has 29 heavy (non-hydrogen) atoms. The Hall–Kier alpha value is -3.81. The summed E-state index contributed by atoms with van der Waals surface area (Å²) in [5, 5.41) is 7.18. The third-order valence-electron chi connectivity index (χ3n) is 3.89. The number of nitrogens with one attached hydrogen (secondary N) is 2. The first-order valence-corrected chi connectivity index (χ1v) is 8.99. The maximum absolute atomic E-state index is 12.2. The van der Waals surface area contributed by atoms with Gasteiger partial charge in [0.2, 0.25) is 0 Å². The third kappa shape index (κ3) is 5.35. The van der Waals surface area contributed by atoms with E-state index < -0.39 is 12.2 Å². The van der Waals surface area contributed by atoms with E-state index in [0.29, 0.717) is 11.6 Å². The molecule has 0 fully saturated rings. The number of hydrogen-bond donors (Lipinski definition) is 2. The summed E-state index contributed by atoms with van der Waals surface area (Å²) in [6, 6.07) is 19.6. The lowest BCUT2D eigenvalue weighted by Crippen LogP contribution is -2.32. The van der Waals surface area contributed by atoms with Crippen LogP contribution in [-0.2, 0) is 10.3 Å². The van der Waals surface area contributed by atoms with Crippen LogP contribution in [0.25, 0.3) is 5.69 Å². The Bertz CT molecular complexity index is 979. The van der Waals surface area contributed by atoms with Crippen LogP contribution in [0.1, 0.15) is 26.5 Å². The maximum Gasteiger partial charge on any atom is 0.446 e. The number of hydrogen-bond acceptors (Lipinski definition) is 5. The van der Waals surface area contributed by atoms with Gasteiger partial charge in [0.05, 0.1) is 11.4 Å². The smallest absolute Gasteiger partial charge is 0.408 e. The summed E-state index contributed by atoms with van der Waals surface area (Å²) in [6.07, 6.45) is -1.80. The second-order valence-electron chi connectivity index (χ2n) is 7.23. The summed E-state index contributed by atoms with van der Waals surface area (Å²) in [5.41, 5.74) is 3.28. The van der Waals surface area contributed by atoms with E-state index in [9.17, 15) is 9.59 Å². The number of carbonyl (C=O) groups excluding carboxylic acids is 2. The SMILES string of the molecule is CC(C)(C)c1cc(NC(=O)ONC(=O)Oc2ccccc2)n(-c2ccccc2)n1. The van der Waals surface area contributed by atoms with Crippen LogP contribution < -0.4 is 15.5 Å². The Morgan fingerprint density at radius 1 is 0.931 bits per heavy atom. The molecule has 0 unspecified atom stereocenters. The molecule has 2 aromatic carbocycles. The van der Waals surface area contributed by atoms with Crippen LogP contribution in [0, 0.1) is 0 Å². The molecule has 2 amide bonds. The van der Waals surface area contributed by atoms with Crippen molar-refractivity contribution in [3.63, 3.8) is 0 Å². The van der Waals surface area contributed by atoms with Crippen LogP contribution in [0.4, 0.5) is 15.4 Å². The lowest BCUT2D eigenvalue weighted by molar-refractivity contribution is 0.0941. The van der Waals surface area contributed by atoms with E-state index in [1.54, 1.807) is 41.1 Å². The minimum atomic E-state index is -0.918. The Morgan fingerprint density at radius 2 is 1.55 bits per heavy atom. The number of carbonyl (C=O) groups is 2. The number of benzene rings is 2. The maximum atomic E-state index is 12.2. The fourth-order valence-electron chi connectivity index (χ4n) is 2.44. The highest BCUT2D eigenvalue weighted by Gasteiger charge is 2.22. The molecular weight excluding hydrogens is 372 g/mol. The van der Waals surface area contributed by atoms with Gasteiger partial charge in [0, 0.05) is 11.5 Å². The summed E-state index contributed by atoms with van der Waals surface area (Å²) in [7, 11) is 0. The van der Waals surface area contributed by atoms with Gasteiger partial charge in [0.1, 0.15) is 11.6 Å². The van der Waals surface area contributed by atoms with Crippen molar-refractivity contribution < 1.29 is 19.2 Å². The predicted octanol–water partition coefficient (Wildman–Crippen LogP) is 4.42. The van der Waals surface area contributed by atoms with Crippen molar-refractivity contribution in [2.75, 3.05) is 5.32 Å². The quantitative estimate of drug-likeness (QED) is 0.641. The van der Waals surface area contributed by atoms with Crippen molar-refractivity contribution in [2.45, 2.75) is 26.2 Å². The number of rotatable bonds is 3. The van der Waals surface area contributed by atoms with Gasteiger partial charge in [-0.3, -0.25) is 5.32 Å². The molecule has 2 N–H and O–H groups in total. The van der Waals surface area contributed by atoms with Crippen LogP contribution in [0.3, 0.4) is 0 Å². The first-order chi connectivity index (χ1) is 13.8. The summed E-state index contributed by atoms with van der Waals surface area (Å²) in [6.45, 7) is 6.07. The van der Waals surface area contributed by atoms with Crippen LogP contribution in [0.2, 0.25) is 0 Å².